The second-order valence-corrected chi connectivity index (χ2v) is 6.80. The van der Waals surface area contributed by atoms with Gasteiger partial charge in [-0.25, -0.2) is 9.07 Å². The molecule has 0 spiro atoms. The zero-order valence-electron chi connectivity index (χ0n) is 14.4. The predicted molar refractivity (Wildman–Crippen MR) is 91.5 cm³/mol. The van der Waals surface area contributed by atoms with E-state index >= 15 is 0 Å². The minimum absolute atomic E-state index is 0.367. The molecule has 0 bridgehead atoms. The van der Waals surface area contributed by atoms with Gasteiger partial charge in [0.1, 0.15) is 11.5 Å². The first-order valence-corrected chi connectivity index (χ1v) is 8.19. The van der Waals surface area contributed by atoms with Crippen molar-refractivity contribution in [1.82, 2.24) is 19.6 Å². The van der Waals surface area contributed by atoms with Crippen molar-refractivity contribution in [3.63, 3.8) is 0 Å². The minimum atomic E-state index is -1.13. The van der Waals surface area contributed by atoms with Crippen LogP contribution in [0.3, 0.4) is 0 Å². The van der Waals surface area contributed by atoms with E-state index in [1.807, 2.05) is 0 Å². The molecule has 4 rings (SSSR count). The lowest BCUT2D eigenvalue weighted by molar-refractivity contribution is 0.0784. The highest BCUT2D eigenvalue weighted by Crippen LogP contribution is 2.35. The molecule has 8 heteroatoms. The molecule has 7 nitrogen and oxygen atoms in total. The number of rotatable bonds is 3. The van der Waals surface area contributed by atoms with Crippen molar-refractivity contribution in [2.24, 2.45) is 7.05 Å². The standard InChI is InChI=1S/C17H20FN5O2/c1-17(2,24)10-7-11(18)14-13(8-10)22(3)21-15(14)20-12-9-19-23-5-4-6-25-16(12)23/h7-9,24H,4-6H2,1-3H3,(H,20,21). The number of hydrogen-bond donors (Lipinski definition) is 2. The summed E-state index contributed by atoms with van der Waals surface area (Å²) in [5.41, 5.74) is 0.622. The molecule has 3 aromatic rings. The maximum absolute atomic E-state index is 14.8. The Bertz CT molecular complexity index is 954. The van der Waals surface area contributed by atoms with Crippen LogP contribution in [0.1, 0.15) is 25.8 Å². The van der Waals surface area contributed by atoms with Gasteiger partial charge in [0, 0.05) is 20.0 Å². The van der Waals surface area contributed by atoms with E-state index in [2.05, 4.69) is 15.5 Å². The van der Waals surface area contributed by atoms with Crippen LogP contribution in [0.15, 0.2) is 18.3 Å². The molecule has 1 aliphatic rings. The Morgan fingerprint density at radius 2 is 2.16 bits per heavy atom. The number of halogens is 1. The van der Waals surface area contributed by atoms with E-state index in [1.165, 1.54) is 6.07 Å². The smallest absolute Gasteiger partial charge is 0.236 e. The topological polar surface area (TPSA) is 77.1 Å². The van der Waals surface area contributed by atoms with Crippen LogP contribution < -0.4 is 10.1 Å². The van der Waals surface area contributed by atoms with Crippen LogP contribution in [0, 0.1) is 5.82 Å². The Labute approximate surface area is 144 Å². The third-order valence-corrected chi connectivity index (χ3v) is 4.41. The molecule has 3 heterocycles. The largest absolute Gasteiger partial charge is 0.476 e. The van der Waals surface area contributed by atoms with Crippen LogP contribution in [-0.2, 0) is 19.2 Å². The van der Waals surface area contributed by atoms with Crippen LogP contribution in [-0.4, -0.2) is 31.3 Å². The minimum Gasteiger partial charge on any atom is -0.476 e. The SMILES string of the molecule is Cn1nc(Nc2cnn3c2OCCC3)c2c(F)cc(C(C)(C)O)cc21. The molecule has 132 valence electrons. The molecule has 1 aromatic carbocycles. The van der Waals surface area contributed by atoms with E-state index in [0.717, 1.165) is 13.0 Å². The first-order chi connectivity index (χ1) is 11.8. The molecule has 0 fully saturated rings. The average Bonchev–Trinajstić information content (AvgIpc) is 3.09. The number of aliphatic hydroxyl groups is 1. The summed E-state index contributed by atoms with van der Waals surface area (Å²) in [6.45, 7) is 4.68. The van der Waals surface area contributed by atoms with Gasteiger partial charge < -0.3 is 15.2 Å². The Kier molecular flexibility index (Phi) is 3.47. The fraction of sp³-hybridized carbons (Fsp3) is 0.412. The first kappa shape index (κ1) is 15.9. The van der Waals surface area contributed by atoms with Gasteiger partial charge in [-0.1, -0.05) is 0 Å². The zero-order chi connectivity index (χ0) is 17.8. The Hall–Kier alpha value is -2.61. The Balaban J connectivity index is 1.80. The van der Waals surface area contributed by atoms with Gasteiger partial charge in [-0.2, -0.15) is 10.2 Å². The van der Waals surface area contributed by atoms with Crippen molar-refractivity contribution in [2.45, 2.75) is 32.4 Å². The lowest BCUT2D eigenvalue weighted by atomic mass is 9.97. The fourth-order valence-corrected chi connectivity index (χ4v) is 3.06. The van der Waals surface area contributed by atoms with E-state index < -0.39 is 11.4 Å². The normalized spacial score (nSPS) is 14.4. The van der Waals surface area contributed by atoms with Crippen LogP contribution in [0.25, 0.3) is 10.9 Å². The van der Waals surface area contributed by atoms with Crippen molar-refractivity contribution < 1.29 is 14.2 Å². The van der Waals surface area contributed by atoms with Crippen LogP contribution in [0.4, 0.5) is 15.9 Å². The maximum atomic E-state index is 14.8. The number of hydrogen-bond acceptors (Lipinski definition) is 5. The second kappa shape index (κ2) is 5.45. The van der Waals surface area contributed by atoms with Gasteiger partial charge in [0.25, 0.3) is 0 Å². The number of aromatic nitrogens is 4. The van der Waals surface area contributed by atoms with Gasteiger partial charge in [0.05, 0.1) is 29.3 Å². The lowest BCUT2D eigenvalue weighted by Crippen LogP contribution is -2.15. The summed E-state index contributed by atoms with van der Waals surface area (Å²) in [6, 6.07) is 3.10. The van der Waals surface area contributed by atoms with Crippen molar-refractivity contribution in [3.8, 4) is 5.88 Å². The van der Waals surface area contributed by atoms with Gasteiger partial charge in [0.2, 0.25) is 5.88 Å². The van der Waals surface area contributed by atoms with Crippen LogP contribution in [0.5, 0.6) is 5.88 Å². The third-order valence-electron chi connectivity index (χ3n) is 4.41. The molecule has 0 radical (unpaired) electrons. The molecule has 2 aromatic heterocycles. The number of nitrogens with zero attached hydrogens (tertiary/aromatic N) is 4. The molecule has 0 atom stereocenters. The third kappa shape index (κ3) is 2.62. The quantitative estimate of drug-likeness (QED) is 0.763. The van der Waals surface area contributed by atoms with Gasteiger partial charge >= 0.3 is 0 Å². The summed E-state index contributed by atoms with van der Waals surface area (Å²) in [6.07, 6.45) is 2.57. The van der Waals surface area contributed by atoms with Crippen molar-refractivity contribution >= 4 is 22.4 Å². The molecular formula is C17H20FN5O2. The first-order valence-electron chi connectivity index (χ1n) is 8.19. The monoisotopic (exact) mass is 345 g/mol. The molecule has 0 aliphatic carbocycles. The number of nitrogens with one attached hydrogen (secondary N) is 1. The summed E-state index contributed by atoms with van der Waals surface area (Å²) in [7, 11) is 1.74. The molecule has 0 saturated carbocycles. The summed E-state index contributed by atoms with van der Waals surface area (Å²) >= 11 is 0. The summed E-state index contributed by atoms with van der Waals surface area (Å²) in [5.74, 6) is 0.591. The molecular weight excluding hydrogens is 325 g/mol. The number of aryl methyl sites for hydroxylation is 2. The molecule has 0 amide bonds. The van der Waals surface area contributed by atoms with Crippen LogP contribution in [0.2, 0.25) is 0 Å². The van der Waals surface area contributed by atoms with Crippen molar-refractivity contribution in [1.29, 1.82) is 0 Å². The van der Waals surface area contributed by atoms with Gasteiger partial charge in [-0.05, 0) is 31.5 Å². The molecule has 2 N–H and O–H groups in total. The molecule has 0 unspecified atom stereocenters. The maximum Gasteiger partial charge on any atom is 0.236 e. The highest BCUT2D eigenvalue weighted by molar-refractivity contribution is 5.93. The highest BCUT2D eigenvalue weighted by atomic mass is 19.1. The number of anilines is 2. The molecule has 1 aliphatic heterocycles. The van der Waals surface area contributed by atoms with Gasteiger partial charge in [0.15, 0.2) is 5.82 Å². The lowest BCUT2D eigenvalue weighted by Gasteiger charge is -2.18. The Morgan fingerprint density at radius 1 is 1.36 bits per heavy atom. The average molecular weight is 345 g/mol. The number of fused-ring (bicyclic) bond motifs is 2. The molecule has 0 saturated heterocycles. The fourth-order valence-electron chi connectivity index (χ4n) is 3.06. The summed E-state index contributed by atoms with van der Waals surface area (Å²) in [4.78, 5) is 0. The zero-order valence-corrected chi connectivity index (χ0v) is 14.4. The van der Waals surface area contributed by atoms with Gasteiger partial charge in [-0.15, -0.1) is 0 Å². The predicted octanol–water partition coefficient (Wildman–Crippen LogP) is 2.66. The van der Waals surface area contributed by atoms with E-state index in [1.54, 1.807) is 42.5 Å². The van der Waals surface area contributed by atoms with E-state index in [-0.39, 0.29) is 0 Å². The summed E-state index contributed by atoms with van der Waals surface area (Å²) in [5, 5.41) is 22.3. The molecule has 25 heavy (non-hydrogen) atoms. The highest BCUT2D eigenvalue weighted by Gasteiger charge is 2.23. The Morgan fingerprint density at radius 3 is 2.92 bits per heavy atom. The second-order valence-electron chi connectivity index (χ2n) is 6.80. The number of ether oxygens (including phenoxy) is 1. The van der Waals surface area contributed by atoms with Gasteiger partial charge in [-0.3, -0.25) is 4.68 Å². The van der Waals surface area contributed by atoms with Crippen molar-refractivity contribution in [3.05, 3.63) is 29.7 Å². The summed E-state index contributed by atoms with van der Waals surface area (Å²) < 4.78 is 23.8. The van der Waals surface area contributed by atoms with Crippen molar-refractivity contribution in [2.75, 3.05) is 11.9 Å². The van der Waals surface area contributed by atoms with E-state index in [9.17, 15) is 9.50 Å². The van der Waals surface area contributed by atoms with E-state index in [4.69, 9.17) is 4.74 Å². The number of benzene rings is 1. The van der Waals surface area contributed by atoms with E-state index in [0.29, 0.717) is 40.5 Å². The van der Waals surface area contributed by atoms with Crippen LogP contribution >= 0.6 is 0 Å².